The smallest absolute Gasteiger partial charge is 0.192 e. The second-order valence-corrected chi connectivity index (χ2v) is 5.03. The number of guanidine groups is 1. The fourth-order valence-corrected chi connectivity index (χ4v) is 2.29. The predicted octanol–water partition coefficient (Wildman–Crippen LogP) is 1.92. The molecule has 1 aliphatic heterocycles. The number of rotatable bonds is 1. The van der Waals surface area contributed by atoms with E-state index in [1.807, 2.05) is 24.1 Å². The van der Waals surface area contributed by atoms with Crippen LogP contribution in [-0.2, 0) is 5.54 Å². The Morgan fingerprint density at radius 1 is 1.53 bits per heavy atom. The third kappa shape index (κ3) is 1.86. The molecule has 0 aromatic heterocycles. The molecule has 1 unspecified atom stereocenters. The Morgan fingerprint density at radius 3 is 2.80 bits per heavy atom. The van der Waals surface area contributed by atoms with Crippen molar-refractivity contribution in [2.24, 2.45) is 10.7 Å². The van der Waals surface area contributed by atoms with Gasteiger partial charge in [0.05, 0.1) is 0 Å². The van der Waals surface area contributed by atoms with Crippen LogP contribution in [0.2, 0.25) is 0 Å². The second-order valence-electron chi connectivity index (χ2n) is 4.11. The summed E-state index contributed by atoms with van der Waals surface area (Å²) in [7, 11) is 1.96. The molecular weight excluding hydrogens is 254 g/mol. The molecule has 0 fully saturated rings. The van der Waals surface area contributed by atoms with Gasteiger partial charge in [0.1, 0.15) is 5.54 Å². The summed E-state index contributed by atoms with van der Waals surface area (Å²) in [6.45, 7) is 2.93. The van der Waals surface area contributed by atoms with E-state index < -0.39 is 0 Å². The zero-order chi connectivity index (χ0) is 11.1. The first-order chi connectivity index (χ1) is 7.01. The van der Waals surface area contributed by atoms with Crippen LogP contribution in [0.4, 0.5) is 0 Å². The van der Waals surface area contributed by atoms with E-state index in [0.29, 0.717) is 5.96 Å². The molecule has 0 aliphatic carbocycles. The zero-order valence-corrected chi connectivity index (χ0v) is 10.5. The summed E-state index contributed by atoms with van der Waals surface area (Å²) < 4.78 is 1.07. The van der Waals surface area contributed by atoms with Crippen molar-refractivity contribution in [3.05, 3.63) is 34.3 Å². The summed E-state index contributed by atoms with van der Waals surface area (Å²) in [5, 5.41) is 0. The van der Waals surface area contributed by atoms with Crippen LogP contribution in [0.5, 0.6) is 0 Å². The standard InChI is InChI=1S/C11H14BrN3/c1-11(7-15(2)10(13)14-11)8-4-3-5-9(12)6-8/h3-6H,7H2,1-2H3,(H2,13,14). The van der Waals surface area contributed by atoms with Gasteiger partial charge in [-0.2, -0.15) is 0 Å². The molecule has 0 spiro atoms. The average Bonchev–Trinajstić information content (AvgIpc) is 2.42. The molecule has 1 aromatic rings. The van der Waals surface area contributed by atoms with Crippen LogP contribution in [0.25, 0.3) is 0 Å². The maximum Gasteiger partial charge on any atom is 0.192 e. The molecule has 0 radical (unpaired) electrons. The number of benzene rings is 1. The van der Waals surface area contributed by atoms with Crippen molar-refractivity contribution in [2.75, 3.05) is 13.6 Å². The van der Waals surface area contributed by atoms with Crippen LogP contribution in [0.3, 0.4) is 0 Å². The predicted molar refractivity (Wildman–Crippen MR) is 65.7 cm³/mol. The Morgan fingerprint density at radius 2 is 2.27 bits per heavy atom. The summed E-state index contributed by atoms with van der Waals surface area (Å²) in [5.74, 6) is 0.609. The lowest BCUT2D eigenvalue weighted by Gasteiger charge is -2.22. The summed E-state index contributed by atoms with van der Waals surface area (Å²) in [6.07, 6.45) is 0. The fourth-order valence-electron chi connectivity index (χ4n) is 1.90. The lowest BCUT2D eigenvalue weighted by atomic mass is 9.93. The van der Waals surface area contributed by atoms with Gasteiger partial charge in [0.15, 0.2) is 5.96 Å². The molecule has 2 rings (SSSR count). The molecule has 2 N–H and O–H groups in total. The van der Waals surface area contributed by atoms with E-state index in [-0.39, 0.29) is 5.54 Å². The van der Waals surface area contributed by atoms with Crippen LogP contribution in [-0.4, -0.2) is 24.5 Å². The SMILES string of the molecule is CN1CC(C)(c2cccc(Br)c2)N=C1N. The monoisotopic (exact) mass is 267 g/mol. The molecular formula is C11H14BrN3. The highest BCUT2D eigenvalue weighted by Crippen LogP contribution is 2.31. The number of aliphatic imine (C=N–C) groups is 1. The topological polar surface area (TPSA) is 41.6 Å². The van der Waals surface area contributed by atoms with Crippen LogP contribution < -0.4 is 5.73 Å². The van der Waals surface area contributed by atoms with E-state index in [1.54, 1.807) is 0 Å². The van der Waals surface area contributed by atoms with E-state index in [1.165, 1.54) is 5.56 Å². The first-order valence-corrected chi connectivity index (χ1v) is 5.63. The molecule has 15 heavy (non-hydrogen) atoms. The molecule has 1 atom stereocenters. The third-order valence-electron chi connectivity index (χ3n) is 2.74. The van der Waals surface area contributed by atoms with Crippen molar-refractivity contribution in [1.29, 1.82) is 0 Å². The van der Waals surface area contributed by atoms with Crippen molar-refractivity contribution in [2.45, 2.75) is 12.5 Å². The summed E-state index contributed by atoms with van der Waals surface area (Å²) in [6, 6.07) is 8.21. The van der Waals surface area contributed by atoms with Crippen molar-refractivity contribution in [3.8, 4) is 0 Å². The van der Waals surface area contributed by atoms with Gasteiger partial charge >= 0.3 is 0 Å². The normalized spacial score (nSPS) is 25.5. The lowest BCUT2D eigenvalue weighted by Crippen LogP contribution is -2.32. The highest BCUT2D eigenvalue weighted by molar-refractivity contribution is 9.10. The van der Waals surface area contributed by atoms with Gasteiger partial charge < -0.3 is 10.6 Å². The van der Waals surface area contributed by atoms with E-state index in [4.69, 9.17) is 5.73 Å². The number of halogens is 1. The molecule has 0 bridgehead atoms. The lowest BCUT2D eigenvalue weighted by molar-refractivity contribution is 0.408. The van der Waals surface area contributed by atoms with Crippen LogP contribution in [0.15, 0.2) is 33.7 Å². The van der Waals surface area contributed by atoms with Gasteiger partial charge in [-0.15, -0.1) is 0 Å². The quantitative estimate of drug-likeness (QED) is 0.845. The number of nitrogens with zero attached hydrogens (tertiary/aromatic N) is 2. The van der Waals surface area contributed by atoms with E-state index in [0.717, 1.165) is 11.0 Å². The molecule has 0 amide bonds. The molecule has 1 aliphatic rings. The number of likely N-dealkylation sites (N-methyl/N-ethyl adjacent to an activating group) is 1. The minimum absolute atomic E-state index is 0.220. The maximum absolute atomic E-state index is 5.79. The first-order valence-electron chi connectivity index (χ1n) is 4.84. The maximum atomic E-state index is 5.79. The van der Waals surface area contributed by atoms with Crippen LogP contribution in [0.1, 0.15) is 12.5 Å². The molecule has 4 heteroatoms. The van der Waals surface area contributed by atoms with Crippen molar-refractivity contribution in [1.82, 2.24) is 4.90 Å². The Labute approximate surface area is 98.1 Å². The molecule has 0 saturated carbocycles. The number of hydrogen-bond acceptors (Lipinski definition) is 3. The van der Waals surface area contributed by atoms with Gasteiger partial charge in [0, 0.05) is 18.1 Å². The first kappa shape index (κ1) is 10.5. The van der Waals surface area contributed by atoms with Gasteiger partial charge in [0.2, 0.25) is 0 Å². The summed E-state index contributed by atoms with van der Waals surface area (Å²) >= 11 is 3.47. The minimum Gasteiger partial charge on any atom is -0.370 e. The van der Waals surface area contributed by atoms with E-state index >= 15 is 0 Å². The van der Waals surface area contributed by atoms with Gasteiger partial charge in [0.25, 0.3) is 0 Å². The molecule has 3 nitrogen and oxygen atoms in total. The van der Waals surface area contributed by atoms with E-state index in [2.05, 4.69) is 40.0 Å². The van der Waals surface area contributed by atoms with Crippen molar-refractivity contribution >= 4 is 21.9 Å². The third-order valence-corrected chi connectivity index (χ3v) is 3.24. The highest BCUT2D eigenvalue weighted by Gasteiger charge is 2.34. The Hall–Kier alpha value is -1.03. The molecule has 1 aromatic carbocycles. The van der Waals surface area contributed by atoms with Crippen LogP contribution >= 0.6 is 15.9 Å². The largest absolute Gasteiger partial charge is 0.370 e. The molecule has 1 heterocycles. The van der Waals surface area contributed by atoms with Crippen molar-refractivity contribution in [3.63, 3.8) is 0 Å². The number of nitrogens with two attached hydrogens (primary N) is 1. The Balaban J connectivity index is 2.40. The summed E-state index contributed by atoms with van der Waals surface area (Å²) in [4.78, 5) is 6.49. The Kier molecular flexibility index (Phi) is 2.46. The van der Waals surface area contributed by atoms with Gasteiger partial charge in [-0.3, -0.25) is 0 Å². The Bertz CT molecular complexity index is 416. The van der Waals surface area contributed by atoms with Gasteiger partial charge in [-0.05, 0) is 24.6 Å². The summed E-state index contributed by atoms with van der Waals surface area (Å²) in [5.41, 5.74) is 6.76. The van der Waals surface area contributed by atoms with E-state index in [9.17, 15) is 0 Å². The van der Waals surface area contributed by atoms with Gasteiger partial charge in [-0.25, -0.2) is 4.99 Å². The highest BCUT2D eigenvalue weighted by atomic mass is 79.9. The second kappa shape index (κ2) is 3.52. The molecule has 80 valence electrons. The average molecular weight is 268 g/mol. The minimum atomic E-state index is -0.220. The number of hydrogen-bond donors (Lipinski definition) is 1. The van der Waals surface area contributed by atoms with Crippen LogP contribution in [0, 0.1) is 0 Å². The molecule has 0 saturated heterocycles. The zero-order valence-electron chi connectivity index (χ0n) is 8.87. The van der Waals surface area contributed by atoms with Gasteiger partial charge in [-0.1, -0.05) is 28.1 Å². The van der Waals surface area contributed by atoms with Crippen molar-refractivity contribution < 1.29 is 0 Å². The fraction of sp³-hybridized carbons (Fsp3) is 0.364.